The van der Waals surface area contributed by atoms with E-state index in [0.29, 0.717) is 21.7 Å². The number of rotatable bonds is 6. The van der Waals surface area contributed by atoms with Crippen LogP contribution in [0, 0.1) is 20.8 Å². The minimum Gasteiger partial charge on any atom is -0.462 e. The number of amides is 2. The maximum atomic E-state index is 13.3. The largest absolute Gasteiger partial charge is 0.462 e. The number of carbonyl (C=O) groups is 3. The lowest BCUT2D eigenvalue weighted by Gasteiger charge is -2.09. The summed E-state index contributed by atoms with van der Waals surface area (Å²) in [7, 11) is 0. The van der Waals surface area contributed by atoms with Gasteiger partial charge in [0.05, 0.1) is 17.0 Å². The summed E-state index contributed by atoms with van der Waals surface area (Å²) in [5.41, 5.74) is 3.84. The first kappa shape index (κ1) is 24.2. The smallest absolute Gasteiger partial charge is 0.341 e. The molecule has 0 unspecified atom stereocenters. The van der Waals surface area contributed by atoms with Crippen LogP contribution in [0.4, 0.5) is 10.7 Å². The molecular formula is C28H26N2O4S. The monoisotopic (exact) mass is 486 g/mol. The van der Waals surface area contributed by atoms with Crippen LogP contribution in [0.25, 0.3) is 10.8 Å². The molecule has 0 radical (unpaired) electrons. The Bertz CT molecular complexity index is 1450. The predicted octanol–water partition coefficient (Wildman–Crippen LogP) is 6.51. The van der Waals surface area contributed by atoms with E-state index in [9.17, 15) is 14.4 Å². The minimum absolute atomic E-state index is 0.176. The third kappa shape index (κ3) is 4.95. The fourth-order valence-electron chi connectivity index (χ4n) is 3.99. The van der Waals surface area contributed by atoms with Gasteiger partial charge in [-0.05, 0) is 61.7 Å². The van der Waals surface area contributed by atoms with Crippen molar-refractivity contribution in [3.05, 3.63) is 93.4 Å². The molecule has 35 heavy (non-hydrogen) atoms. The van der Waals surface area contributed by atoms with Crippen LogP contribution >= 0.6 is 11.3 Å². The normalized spacial score (nSPS) is 10.7. The maximum Gasteiger partial charge on any atom is 0.341 e. The molecular weight excluding hydrogens is 460 g/mol. The number of hydrogen-bond acceptors (Lipinski definition) is 5. The molecule has 2 amide bonds. The third-order valence-electron chi connectivity index (χ3n) is 5.72. The number of thiophene rings is 1. The topological polar surface area (TPSA) is 84.5 Å². The van der Waals surface area contributed by atoms with Gasteiger partial charge in [-0.2, -0.15) is 0 Å². The summed E-state index contributed by atoms with van der Waals surface area (Å²) in [6, 6.07) is 18.8. The Kier molecular flexibility index (Phi) is 6.98. The second-order valence-corrected chi connectivity index (χ2v) is 9.25. The Labute approximate surface area is 207 Å². The molecule has 0 saturated carbocycles. The van der Waals surface area contributed by atoms with Crippen LogP contribution in [0.5, 0.6) is 0 Å². The molecule has 1 aromatic heterocycles. The SMILES string of the molecule is CCOC(=O)c1c(NC(=O)c2cccc3ccccc23)sc(C(=O)Nc2ccc(C)cc2C)c1C. The number of carbonyl (C=O) groups excluding carboxylic acids is 3. The summed E-state index contributed by atoms with van der Waals surface area (Å²) in [5, 5.41) is 7.79. The van der Waals surface area contributed by atoms with Crippen molar-refractivity contribution in [2.24, 2.45) is 0 Å². The average molecular weight is 487 g/mol. The van der Waals surface area contributed by atoms with Gasteiger partial charge in [-0.1, -0.05) is 54.1 Å². The Morgan fingerprint density at radius 3 is 2.37 bits per heavy atom. The predicted molar refractivity (Wildman–Crippen MR) is 141 cm³/mol. The summed E-state index contributed by atoms with van der Waals surface area (Å²) in [5.74, 6) is -1.30. The van der Waals surface area contributed by atoms with E-state index in [4.69, 9.17) is 4.74 Å². The zero-order valence-corrected chi connectivity index (χ0v) is 20.8. The summed E-state index contributed by atoms with van der Waals surface area (Å²) in [4.78, 5) is 39.6. The zero-order valence-electron chi connectivity index (χ0n) is 20.0. The van der Waals surface area contributed by atoms with Gasteiger partial charge in [-0.15, -0.1) is 11.3 Å². The Morgan fingerprint density at radius 2 is 1.63 bits per heavy atom. The first-order chi connectivity index (χ1) is 16.8. The summed E-state index contributed by atoms with van der Waals surface area (Å²) >= 11 is 1.06. The van der Waals surface area contributed by atoms with Crippen molar-refractivity contribution >= 4 is 50.6 Å². The molecule has 4 rings (SSSR count). The Morgan fingerprint density at radius 1 is 0.886 bits per heavy atom. The number of fused-ring (bicyclic) bond motifs is 1. The van der Waals surface area contributed by atoms with Crippen LogP contribution < -0.4 is 10.6 Å². The number of benzene rings is 3. The molecule has 3 aromatic carbocycles. The van der Waals surface area contributed by atoms with Gasteiger partial charge in [-0.3, -0.25) is 9.59 Å². The van der Waals surface area contributed by atoms with Crippen molar-refractivity contribution in [2.45, 2.75) is 27.7 Å². The highest BCUT2D eigenvalue weighted by atomic mass is 32.1. The van der Waals surface area contributed by atoms with Crippen molar-refractivity contribution in [3.8, 4) is 0 Å². The quantitative estimate of drug-likeness (QED) is 0.304. The van der Waals surface area contributed by atoms with Crippen molar-refractivity contribution in [1.29, 1.82) is 0 Å². The molecule has 0 aliphatic carbocycles. The molecule has 0 fully saturated rings. The fourth-order valence-corrected chi connectivity index (χ4v) is 5.08. The lowest BCUT2D eigenvalue weighted by molar-refractivity contribution is 0.0527. The second kappa shape index (κ2) is 10.1. The molecule has 0 aliphatic rings. The van der Waals surface area contributed by atoms with Crippen molar-refractivity contribution in [3.63, 3.8) is 0 Å². The van der Waals surface area contributed by atoms with Crippen molar-refractivity contribution in [2.75, 3.05) is 17.2 Å². The lowest BCUT2D eigenvalue weighted by Crippen LogP contribution is -2.15. The van der Waals surface area contributed by atoms with Crippen LogP contribution in [0.1, 0.15) is 54.0 Å². The number of anilines is 2. The van der Waals surface area contributed by atoms with Crippen molar-refractivity contribution in [1.82, 2.24) is 0 Å². The average Bonchev–Trinajstić information content (AvgIpc) is 3.16. The highest BCUT2D eigenvalue weighted by molar-refractivity contribution is 7.19. The molecule has 0 saturated heterocycles. The molecule has 1 heterocycles. The van der Waals surface area contributed by atoms with E-state index in [1.54, 1.807) is 19.9 Å². The van der Waals surface area contributed by atoms with Gasteiger partial charge < -0.3 is 15.4 Å². The standard InChI is InChI=1S/C28H26N2O4S/c1-5-34-28(33)23-18(4)24(26(32)29-22-14-13-16(2)15-17(22)3)35-27(23)30-25(31)21-12-8-10-19-9-6-7-11-20(19)21/h6-15H,5H2,1-4H3,(H,29,32)(H,30,31). The number of ether oxygens (including phenoxy) is 1. The van der Waals surface area contributed by atoms with Gasteiger partial charge in [0.1, 0.15) is 5.00 Å². The molecule has 0 spiro atoms. The van der Waals surface area contributed by atoms with Crippen LogP contribution in [0.15, 0.2) is 60.7 Å². The molecule has 178 valence electrons. The van der Waals surface area contributed by atoms with E-state index in [1.807, 2.05) is 68.4 Å². The summed E-state index contributed by atoms with van der Waals surface area (Å²) in [6.07, 6.45) is 0. The van der Waals surface area contributed by atoms with E-state index in [0.717, 1.165) is 33.2 Å². The number of hydrogen-bond donors (Lipinski definition) is 2. The van der Waals surface area contributed by atoms with Gasteiger partial charge in [0.25, 0.3) is 11.8 Å². The van der Waals surface area contributed by atoms with E-state index in [1.165, 1.54) is 0 Å². The van der Waals surface area contributed by atoms with E-state index in [2.05, 4.69) is 10.6 Å². The van der Waals surface area contributed by atoms with E-state index in [-0.39, 0.29) is 29.0 Å². The number of aryl methyl sites for hydroxylation is 2. The molecule has 0 atom stereocenters. The van der Waals surface area contributed by atoms with Gasteiger partial charge in [0, 0.05) is 11.3 Å². The number of esters is 1. The first-order valence-corrected chi connectivity index (χ1v) is 12.1. The number of nitrogens with one attached hydrogen (secondary N) is 2. The van der Waals surface area contributed by atoms with Crippen LogP contribution in [-0.2, 0) is 4.74 Å². The second-order valence-electron chi connectivity index (χ2n) is 8.23. The first-order valence-electron chi connectivity index (χ1n) is 11.3. The van der Waals surface area contributed by atoms with Crippen LogP contribution in [0.3, 0.4) is 0 Å². The molecule has 0 aliphatic heterocycles. The van der Waals surface area contributed by atoms with Crippen molar-refractivity contribution < 1.29 is 19.1 Å². The van der Waals surface area contributed by atoms with Gasteiger partial charge in [0.15, 0.2) is 0 Å². The van der Waals surface area contributed by atoms with Crippen LogP contribution in [-0.4, -0.2) is 24.4 Å². The summed E-state index contributed by atoms with van der Waals surface area (Å²) < 4.78 is 5.24. The highest BCUT2D eigenvalue weighted by Crippen LogP contribution is 2.35. The van der Waals surface area contributed by atoms with E-state index < -0.39 is 5.97 Å². The summed E-state index contributed by atoms with van der Waals surface area (Å²) in [6.45, 7) is 7.48. The fraction of sp³-hybridized carbons (Fsp3) is 0.179. The molecule has 4 aromatic rings. The van der Waals surface area contributed by atoms with Gasteiger partial charge in [-0.25, -0.2) is 4.79 Å². The molecule has 0 bridgehead atoms. The molecule has 2 N–H and O–H groups in total. The lowest BCUT2D eigenvalue weighted by atomic mass is 10.0. The third-order valence-corrected chi connectivity index (χ3v) is 6.93. The molecule has 7 heteroatoms. The minimum atomic E-state index is -0.583. The molecule has 6 nitrogen and oxygen atoms in total. The highest BCUT2D eigenvalue weighted by Gasteiger charge is 2.27. The van der Waals surface area contributed by atoms with Gasteiger partial charge >= 0.3 is 5.97 Å². The maximum absolute atomic E-state index is 13.3. The Balaban J connectivity index is 1.70. The Hall–Kier alpha value is -3.97. The van der Waals surface area contributed by atoms with Crippen LogP contribution in [0.2, 0.25) is 0 Å². The van der Waals surface area contributed by atoms with E-state index >= 15 is 0 Å². The van der Waals surface area contributed by atoms with Gasteiger partial charge in [0.2, 0.25) is 0 Å². The zero-order chi connectivity index (χ0) is 25.1.